The van der Waals surface area contributed by atoms with Gasteiger partial charge < -0.3 is 9.88 Å². The molecule has 0 bridgehead atoms. The summed E-state index contributed by atoms with van der Waals surface area (Å²) in [5.41, 5.74) is 9.87. The van der Waals surface area contributed by atoms with E-state index in [4.69, 9.17) is 4.98 Å². The van der Waals surface area contributed by atoms with Crippen LogP contribution in [0.5, 0.6) is 0 Å². The molecule has 1 fully saturated rings. The molecule has 0 unspecified atom stereocenters. The number of likely N-dealkylation sites (N-methyl/N-ethyl adjacent to an activating group) is 1. The van der Waals surface area contributed by atoms with Crippen molar-refractivity contribution >= 4 is 22.6 Å². The lowest BCUT2D eigenvalue weighted by molar-refractivity contribution is -0.130. The number of H-pyrrole nitrogens is 1. The Morgan fingerprint density at radius 3 is 2.59 bits per heavy atom. The number of hydrogen-bond donors (Lipinski definition) is 1. The van der Waals surface area contributed by atoms with Crippen molar-refractivity contribution < 1.29 is 4.79 Å². The summed E-state index contributed by atoms with van der Waals surface area (Å²) in [5.74, 6) is 0.692. The third-order valence-corrected chi connectivity index (χ3v) is 8.42. The van der Waals surface area contributed by atoms with Gasteiger partial charge in [-0.3, -0.25) is 14.7 Å². The predicted octanol–water partition coefficient (Wildman–Crippen LogP) is 4.95. The molecule has 1 saturated carbocycles. The number of fused-ring (bicyclic) bond motifs is 2. The molecule has 0 spiro atoms. The van der Waals surface area contributed by atoms with Crippen LogP contribution in [0.25, 0.3) is 27.9 Å². The van der Waals surface area contributed by atoms with Gasteiger partial charge in [-0.25, -0.2) is 9.50 Å². The van der Waals surface area contributed by atoms with Gasteiger partial charge in [0.05, 0.1) is 35.9 Å². The Balaban J connectivity index is 1.43. The minimum atomic E-state index is 0.0392. The van der Waals surface area contributed by atoms with Crippen LogP contribution in [0.15, 0.2) is 24.7 Å². The first-order valence-electron chi connectivity index (χ1n) is 13.8. The third kappa shape index (κ3) is 5.01. The van der Waals surface area contributed by atoms with Crippen molar-refractivity contribution in [1.82, 2.24) is 34.4 Å². The highest BCUT2D eigenvalue weighted by Crippen LogP contribution is 2.39. The molecular weight excluding hydrogens is 488 g/mol. The lowest BCUT2D eigenvalue weighted by Gasteiger charge is -2.35. The lowest BCUT2D eigenvalue weighted by Crippen LogP contribution is -2.44. The average Bonchev–Trinajstić information content (AvgIpc) is 3.55. The van der Waals surface area contributed by atoms with E-state index in [1.807, 2.05) is 9.42 Å². The standard InChI is InChI=1S/C30H38N8O/c1-18(2)27-28(23-15-38-30(32-17-33-38)20(4)19(23)3)35-25-12-11-24(34-29(25)27)21-7-9-22(10-8-21)37(14-13-31)16-26(39)36(5)6/h11-12,15,17-18,21-22,35H,7-10,14,16H2,1-6H3. The Labute approximate surface area is 229 Å². The number of carbonyl (C=O) groups excluding carboxylic acids is 1. The molecule has 9 nitrogen and oxygen atoms in total. The maximum Gasteiger partial charge on any atom is 0.236 e. The number of nitrogens with one attached hydrogen (secondary N) is 1. The number of amides is 1. The maximum atomic E-state index is 12.3. The van der Waals surface area contributed by atoms with Crippen LogP contribution in [0.4, 0.5) is 0 Å². The van der Waals surface area contributed by atoms with Gasteiger partial charge in [0.1, 0.15) is 6.33 Å². The van der Waals surface area contributed by atoms with Gasteiger partial charge in [-0.05, 0) is 68.7 Å². The molecule has 0 atom stereocenters. The zero-order valence-corrected chi connectivity index (χ0v) is 23.8. The minimum absolute atomic E-state index is 0.0392. The van der Waals surface area contributed by atoms with Gasteiger partial charge in [0.25, 0.3) is 0 Å². The van der Waals surface area contributed by atoms with Crippen LogP contribution in [0.1, 0.15) is 73.8 Å². The van der Waals surface area contributed by atoms with E-state index in [0.29, 0.717) is 12.5 Å². The highest BCUT2D eigenvalue weighted by atomic mass is 16.2. The van der Waals surface area contributed by atoms with Crippen molar-refractivity contribution in [2.24, 2.45) is 0 Å². The molecule has 0 saturated heterocycles. The van der Waals surface area contributed by atoms with Gasteiger partial charge in [0.2, 0.25) is 5.91 Å². The van der Waals surface area contributed by atoms with Crippen LogP contribution in [0.3, 0.4) is 0 Å². The average molecular weight is 527 g/mol. The number of aryl methyl sites for hydroxylation is 1. The van der Waals surface area contributed by atoms with E-state index >= 15 is 0 Å². The molecule has 1 aliphatic rings. The van der Waals surface area contributed by atoms with Crippen LogP contribution in [-0.4, -0.2) is 73.5 Å². The topological polar surface area (TPSA) is 106 Å². The molecule has 0 radical (unpaired) electrons. The number of aromatic nitrogens is 5. The molecule has 4 aromatic heterocycles. The zero-order chi connectivity index (χ0) is 27.8. The Hall–Kier alpha value is -3.77. The Bertz CT molecular complexity index is 1550. The molecule has 4 aromatic rings. The van der Waals surface area contributed by atoms with Crippen LogP contribution < -0.4 is 0 Å². The van der Waals surface area contributed by atoms with Crippen molar-refractivity contribution in [3.05, 3.63) is 47.0 Å². The van der Waals surface area contributed by atoms with Crippen LogP contribution in [-0.2, 0) is 4.79 Å². The number of carbonyl (C=O) groups is 1. The van der Waals surface area contributed by atoms with Gasteiger partial charge in [-0.15, -0.1) is 0 Å². The normalized spacial score (nSPS) is 17.8. The number of pyridine rings is 2. The highest BCUT2D eigenvalue weighted by Gasteiger charge is 2.29. The molecule has 1 aliphatic carbocycles. The molecule has 1 amide bonds. The van der Waals surface area contributed by atoms with E-state index < -0.39 is 0 Å². The summed E-state index contributed by atoms with van der Waals surface area (Å²) in [6, 6.07) is 6.84. The van der Waals surface area contributed by atoms with Crippen molar-refractivity contribution in [2.45, 2.75) is 71.3 Å². The summed E-state index contributed by atoms with van der Waals surface area (Å²) in [6.07, 6.45) is 7.57. The molecule has 1 N–H and O–H groups in total. The van der Waals surface area contributed by atoms with Gasteiger partial charge in [0.15, 0.2) is 5.65 Å². The van der Waals surface area contributed by atoms with Crippen molar-refractivity contribution in [3.63, 3.8) is 0 Å². The van der Waals surface area contributed by atoms with E-state index in [2.05, 4.69) is 67.2 Å². The monoisotopic (exact) mass is 526 g/mol. The van der Waals surface area contributed by atoms with Crippen LogP contribution in [0.2, 0.25) is 0 Å². The third-order valence-electron chi connectivity index (χ3n) is 8.42. The summed E-state index contributed by atoms with van der Waals surface area (Å²) in [6.45, 7) is 9.27. The number of nitrogens with zero attached hydrogens (tertiary/aromatic N) is 7. The smallest absolute Gasteiger partial charge is 0.236 e. The van der Waals surface area contributed by atoms with Crippen molar-refractivity contribution in [1.29, 1.82) is 5.26 Å². The number of nitriles is 1. The quantitative estimate of drug-likeness (QED) is 0.342. The first-order valence-corrected chi connectivity index (χ1v) is 13.8. The summed E-state index contributed by atoms with van der Waals surface area (Å²) in [5, 5.41) is 13.7. The summed E-state index contributed by atoms with van der Waals surface area (Å²) in [4.78, 5) is 29.3. The summed E-state index contributed by atoms with van der Waals surface area (Å²) < 4.78 is 1.85. The van der Waals surface area contributed by atoms with E-state index in [1.54, 1.807) is 25.3 Å². The Morgan fingerprint density at radius 2 is 1.92 bits per heavy atom. The molecule has 204 valence electrons. The second-order valence-electron chi connectivity index (χ2n) is 11.4. The fourth-order valence-electron chi connectivity index (χ4n) is 6.01. The largest absolute Gasteiger partial charge is 0.353 e. The summed E-state index contributed by atoms with van der Waals surface area (Å²) >= 11 is 0. The lowest BCUT2D eigenvalue weighted by atomic mass is 9.83. The Morgan fingerprint density at radius 1 is 1.18 bits per heavy atom. The first-order chi connectivity index (χ1) is 18.7. The van der Waals surface area contributed by atoms with Gasteiger partial charge in [0, 0.05) is 49.1 Å². The molecule has 5 rings (SSSR count). The zero-order valence-electron chi connectivity index (χ0n) is 23.8. The van der Waals surface area contributed by atoms with Crippen molar-refractivity contribution in [2.75, 3.05) is 27.2 Å². The molecular formula is C30H38N8O. The Kier molecular flexibility index (Phi) is 7.41. The predicted molar refractivity (Wildman–Crippen MR) is 153 cm³/mol. The number of aromatic amines is 1. The minimum Gasteiger partial charge on any atom is -0.353 e. The van der Waals surface area contributed by atoms with E-state index in [-0.39, 0.29) is 24.4 Å². The van der Waals surface area contributed by atoms with Gasteiger partial charge >= 0.3 is 0 Å². The second-order valence-corrected chi connectivity index (χ2v) is 11.4. The number of hydrogen-bond acceptors (Lipinski definition) is 6. The maximum absolute atomic E-state index is 12.3. The first kappa shape index (κ1) is 26.8. The highest BCUT2D eigenvalue weighted by molar-refractivity contribution is 5.89. The molecule has 9 heteroatoms. The van der Waals surface area contributed by atoms with Crippen LogP contribution in [0, 0.1) is 25.2 Å². The number of rotatable bonds is 7. The fraction of sp³-hybridized carbons (Fsp3) is 0.500. The van der Waals surface area contributed by atoms with Crippen LogP contribution >= 0.6 is 0 Å². The second kappa shape index (κ2) is 10.8. The summed E-state index contributed by atoms with van der Waals surface area (Å²) in [7, 11) is 3.53. The van der Waals surface area contributed by atoms with Gasteiger partial charge in [-0.1, -0.05) is 13.8 Å². The van der Waals surface area contributed by atoms with E-state index in [0.717, 1.165) is 64.9 Å². The molecule has 4 heterocycles. The van der Waals surface area contributed by atoms with Crippen molar-refractivity contribution in [3.8, 4) is 17.3 Å². The SMILES string of the molecule is Cc1c(-c2[nH]c3ccc(C4CCC(N(CC#N)CC(=O)N(C)C)CC4)nc3c2C(C)C)cn2ncnc2c1C. The molecule has 0 aromatic carbocycles. The van der Waals surface area contributed by atoms with E-state index in [9.17, 15) is 10.1 Å². The van der Waals surface area contributed by atoms with Gasteiger partial charge in [-0.2, -0.15) is 10.4 Å². The fourth-order valence-corrected chi connectivity index (χ4v) is 6.01. The van der Waals surface area contributed by atoms with E-state index in [1.165, 1.54) is 11.1 Å². The molecule has 39 heavy (non-hydrogen) atoms. The molecule has 0 aliphatic heterocycles.